The van der Waals surface area contributed by atoms with Crippen LogP contribution in [0.4, 0.5) is 4.39 Å². The summed E-state index contributed by atoms with van der Waals surface area (Å²) >= 11 is 0. The highest BCUT2D eigenvalue weighted by molar-refractivity contribution is 5.97. The van der Waals surface area contributed by atoms with Crippen LogP contribution in [0.15, 0.2) is 48.5 Å². The Morgan fingerprint density at radius 3 is 1.85 bits per heavy atom. The van der Waals surface area contributed by atoms with E-state index in [2.05, 4.69) is 24.5 Å². The van der Waals surface area contributed by atoms with Crippen LogP contribution in [0.25, 0.3) is 0 Å². The van der Waals surface area contributed by atoms with Crippen molar-refractivity contribution >= 4 is 11.8 Å². The first-order valence-electron chi connectivity index (χ1n) is 8.86. The number of halogens is 1. The molecule has 0 heterocycles. The average molecular weight is 356 g/mol. The summed E-state index contributed by atoms with van der Waals surface area (Å²) in [7, 11) is 0. The molecule has 0 aliphatic carbocycles. The maximum Gasteiger partial charge on any atom is 0.251 e. The molecule has 0 aliphatic rings. The molecule has 0 saturated heterocycles. The van der Waals surface area contributed by atoms with Crippen molar-refractivity contribution in [2.75, 3.05) is 13.1 Å². The molecule has 0 atom stereocenters. The van der Waals surface area contributed by atoms with Gasteiger partial charge in [-0.3, -0.25) is 9.59 Å². The molecule has 0 aliphatic heterocycles. The first-order chi connectivity index (χ1) is 12.5. The van der Waals surface area contributed by atoms with Gasteiger partial charge in [-0.2, -0.15) is 0 Å². The molecular formula is C21H25FN2O2. The summed E-state index contributed by atoms with van der Waals surface area (Å²) in [4.78, 5) is 24.2. The number of carbonyl (C=O) groups is 2. The zero-order valence-electron chi connectivity index (χ0n) is 15.2. The van der Waals surface area contributed by atoms with Gasteiger partial charge in [0.15, 0.2) is 0 Å². The fourth-order valence-corrected chi connectivity index (χ4v) is 2.42. The van der Waals surface area contributed by atoms with Crippen LogP contribution in [0.3, 0.4) is 0 Å². The molecule has 0 saturated carbocycles. The summed E-state index contributed by atoms with van der Waals surface area (Å²) in [5, 5.41) is 5.69. The van der Waals surface area contributed by atoms with E-state index >= 15 is 0 Å². The minimum absolute atomic E-state index is 0.131. The quantitative estimate of drug-likeness (QED) is 0.760. The number of nitrogens with one attached hydrogen (secondary N) is 2. The lowest BCUT2D eigenvalue weighted by Gasteiger charge is -2.08. The molecule has 2 amide bonds. The Morgan fingerprint density at radius 1 is 0.846 bits per heavy atom. The second-order valence-electron chi connectivity index (χ2n) is 6.65. The third-order valence-corrected chi connectivity index (χ3v) is 4.03. The van der Waals surface area contributed by atoms with Crippen molar-refractivity contribution < 1.29 is 14.0 Å². The van der Waals surface area contributed by atoms with E-state index in [9.17, 15) is 14.0 Å². The van der Waals surface area contributed by atoms with Crippen molar-refractivity contribution in [3.63, 3.8) is 0 Å². The Labute approximate surface area is 153 Å². The average Bonchev–Trinajstić information content (AvgIpc) is 2.63. The zero-order chi connectivity index (χ0) is 18.9. The number of hydrogen-bond acceptors (Lipinski definition) is 2. The minimum Gasteiger partial charge on any atom is -0.352 e. The van der Waals surface area contributed by atoms with Crippen molar-refractivity contribution in [2.45, 2.75) is 26.7 Å². The van der Waals surface area contributed by atoms with Crippen molar-refractivity contribution in [3.05, 3.63) is 71.0 Å². The lowest BCUT2D eigenvalue weighted by molar-refractivity contribution is 0.0941. The molecule has 2 aromatic carbocycles. The van der Waals surface area contributed by atoms with Crippen LogP contribution in [-0.2, 0) is 6.42 Å². The first kappa shape index (κ1) is 19.6. The van der Waals surface area contributed by atoms with Gasteiger partial charge in [-0.15, -0.1) is 0 Å². The van der Waals surface area contributed by atoms with Gasteiger partial charge in [-0.05, 0) is 60.7 Å². The lowest BCUT2D eigenvalue weighted by atomic mass is 10.1. The Morgan fingerprint density at radius 2 is 1.35 bits per heavy atom. The van der Waals surface area contributed by atoms with Crippen molar-refractivity contribution in [1.82, 2.24) is 10.6 Å². The smallest absolute Gasteiger partial charge is 0.251 e. The molecule has 0 radical (unpaired) electrons. The molecular weight excluding hydrogens is 331 g/mol. The highest BCUT2D eigenvalue weighted by Gasteiger charge is 2.09. The highest BCUT2D eigenvalue weighted by Crippen LogP contribution is 2.06. The second kappa shape index (κ2) is 9.70. The van der Waals surface area contributed by atoms with E-state index in [-0.39, 0.29) is 17.6 Å². The topological polar surface area (TPSA) is 58.2 Å². The van der Waals surface area contributed by atoms with Crippen LogP contribution in [-0.4, -0.2) is 24.9 Å². The molecule has 2 aromatic rings. The number of rotatable bonds is 8. The van der Waals surface area contributed by atoms with Gasteiger partial charge in [0.05, 0.1) is 0 Å². The molecule has 2 rings (SSSR count). The van der Waals surface area contributed by atoms with Gasteiger partial charge >= 0.3 is 0 Å². The lowest BCUT2D eigenvalue weighted by Crippen LogP contribution is -2.27. The summed E-state index contributed by atoms with van der Waals surface area (Å²) in [5.74, 6) is -0.0600. The summed E-state index contributed by atoms with van der Waals surface area (Å²) < 4.78 is 12.9. The van der Waals surface area contributed by atoms with Gasteiger partial charge in [-0.1, -0.05) is 26.0 Å². The van der Waals surface area contributed by atoms with Gasteiger partial charge in [0.2, 0.25) is 0 Å². The van der Waals surface area contributed by atoms with Gasteiger partial charge in [0, 0.05) is 24.2 Å². The number of carbonyl (C=O) groups excluding carboxylic acids is 2. The molecule has 4 nitrogen and oxygen atoms in total. The monoisotopic (exact) mass is 356 g/mol. The van der Waals surface area contributed by atoms with Crippen molar-refractivity contribution in [2.24, 2.45) is 5.92 Å². The zero-order valence-corrected chi connectivity index (χ0v) is 15.2. The third kappa shape index (κ3) is 6.31. The van der Waals surface area contributed by atoms with Crippen molar-refractivity contribution in [1.29, 1.82) is 0 Å². The van der Waals surface area contributed by atoms with Crippen LogP contribution in [0.2, 0.25) is 0 Å². The van der Waals surface area contributed by atoms with Crippen LogP contribution < -0.4 is 10.6 Å². The minimum atomic E-state index is -0.272. The molecule has 0 unspecified atom stereocenters. The molecule has 5 heteroatoms. The van der Waals surface area contributed by atoms with E-state index in [0.717, 1.165) is 12.0 Å². The van der Waals surface area contributed by atoms with Crippen molar-refractivity contribution in [3.8, 4) is 0 Å². The standard InChI is InChI=1S/C21H25FN2O2/c1-15(2)11-13-23-20(25)17-5-7-18(8-6-17)21(26)24-14-12-16-3-9-19(22)10-4-16/h3-10,15H,11-14H2,1-2H3,(H,23,25)(H,24,26). The van der Waals surface area contributed by atoms with Gasteiger partial charge < -0.3 is 10.6 Å². The predicted octanol–water partition coefficient (Wildman–Crippen LogP) is 3.57. The number of benzene rings is 2. The normalized spacial score (nSPS) is 10.6. The predicted molar refractivity (Wildman–Crippen MR) is 101 cm³/mol. The molecule has 0 spiro atoms. The number of amides is 2. The fraction of sp³-hybridized carbons (Fsp3) is 0.333. The molecule has 0 fully saturated rings. The van der Waals surface area contributed by atoms with E-state index in [1.54, 1.807) is 36.4 Å². The van der Waals surface area contributed by atoms with Gasteiger partial charge in [-0.25, -0.2) is 4.39 Å². The maximum absolute atomic E-state index is 12.9. The molecule has 26 heavy (non-hydrogen) atoms. The Hall–Kier alpha value is -2.69. The number of hydrogen-bond donors (Lipinski definition) is 2. The highest BCUT2D eigenvalue weighted by atomic mass is 19.1. The largest absolute Gasteiger partial charge is 0.352 e. The Balaban J connectivity index is 1.80. The maximum atomic E-state index is 12.9. The Bertz CT molecular complexity index is 725. The molecule has 2 N–H and O–H groups in total. The molecule has 0 bridgehead atoms. The van der Waals surface area contributed by atoms with Crippen LogP contribution >= 0.6 is 0 Å². The van der Waals surface area contributed by atoms with E-state index < -0.39 is 0 Å². The third-order valence-electron chi connectivity index (χ3n) is 4.03. The van der Waals surface area contributed by atoms with Crippen LogP contribution in [0.1, 0.15) is 46.5 Å². The van der Waals surface area contributed by atoms with E-state index in [1.807, 2.05) is 0 Å². The Kier molecular flexibility index (Phi) is 7.33. The first-order valence-corrected chi connectivity index (χ1v) is 8.86. The summed E-state index contributed by atoms with van der Waals surface area (Å²) in [6.45, 7) is 5.31. The summed E-state index contributed by atoms with van der Waals surface area (Å²) in [6, 6.07) is 12.8. The fourth-order valence-electron chi connectivity index (χ4n) is 2.42. The van der Waals surface area contributed by atoms with Gasteiger partial charge in [0.25, 0.3) is 11.8 Å². The molecule has 0 aromatic heterocycles. The second-order valence-corrected chi connectivity index (χ2v) is 6.65. The molecule has 138 valence electrons. The van der Waals surface area contributed by atoms with E-state index in [0.29, 0.717) is 36.6 Å². The van der Waals surface area contributed by atoms with Crippen LogP contribution in [0.5, 0.6) is 0 Å². The van der Waals surface area contributed by atoms with E-state index in [4.69, 9.17) is 0 Å². The van der Waals surface area contributed by atoms with Gasteiger partial charge in [0.1, 0.15) is 5.82 Å². The van der Waals surface area contributed by atoms with E-state index in [1.165, 1.54) is 12.1 Å². The summed E-state index contributed by atoms with van der Waals surface area (Å²) in [5.41, 5.74) is 2.00. The summed E-state index contributed by atoms with van der Waals surface area (Å²) in [6.07, 6.45) is 1.56. The van der Waals surface area contributed by atoms with Crippen LogP contribution in [0, 0.1) is 11.7 Å². The SMILES string of the molecule is CC(C)CCNC(=O)c1ccc(C(=O)NCCc2ccc(F)cc2)cc1.